The van der Waals surface area contributed by atoms with E-state index in [1.165, 1.54) is 0 Å². The van der Waals surface area contributed by atoms with Gasteiger partial charge in [-0.2, -0.15) is 5.26 Å². The monoisotopic (exact) mass is 172 g/mol. The van der Waals surface area contributed by atoms with Crippen molar-refractivity contribution in [3.63, 3.8) is 0 Å². The summed E-state index contributed by atoms with van der Waals surface area (Å²) >= 11 is 0. The molecule has 0 aromatic heterocycles. The highest BCUT2D eigenvalue weighted by molar-refractivity contribution is 5.83. The maximum Gasteiger partial charge on any atom is 0.222 e. The minimum Gasteiger partial charge on any atom is -0.349 e. The summed E-state index contributed by atoms with van der Waals surface area (Å²) in [6, 6.07) is 9.50. The highest BCUT2D eigenvalue weighted by atomic mass is 16.2. The summed E-state index contributed by atoms with van der Waals surface area (Å²) in [6.45, 7) is 0. The molecule has 0 radical (unpaired) electrons. The molecule has 0 bridgehead atoms. The van der Waals surface area contributed by atoms with E-state index in [0.29, 0.717) is 12.0 Å². The molecule has 1 atom stereocenters. The van der Waals surface area contributed by atoms with Gasteiger partial charge in [0.1, 0.15) is 0 Å². The van der Waals surface area contributed by atoms with E-state index in [9.17, 15) is 4.79 Å². The van der Waals surface area contributed by atoms with E-state index in [1.807, 2.05) is 18.2 Å². The third-order valence-corrected chi connectivity index (χ3v) is 2.14. The van der Waals surface area contributed by atoms with Crippen LogP contribution in [0.15, 0.2) is 24.3 Å². The molecule has 1 fully saturated rings. The second-order valence-corrected chi connectivity index (χ2v) is 3.06. The number of nitriles is 1. The third-order valence-electron chi connectivity index (χ3n) is 2.14. The van der Waals surface area contributed by atoms with Crippen LogP contribution in [0, 0.1) is 11.3 Å². The summed E-state index contributed by atoms with van der Waals surface area (Å²) in [5.74, 6) is 0.0763. The Balaban J connectivity index is 2.22. The first kappa shape index (κ1) is 7.81. The standard InChI is InChI=1S/C10H8N2O/c11-6-7-2-1-3-8(4-7)9-5-10(13)12-9/h1-4,9H,5H2,(H,12,13). The molecule has 0 saturated carbocycles. The van der Waals surface area contributed by atoms with Crippen LogP contribution in [-0.2, 0) is 4.79 Å². The fourth-order valence-electron chi connectivity index (χ4n) is 1.38. The lowest BCUT2D eigenvalue weighted by molar-refractivity contribution is -0.128. The van der Waals surface area contributed by atoms with Gasteiger partial charge < -0.3 is 5.32 Å². The fraction of sp³-hybridized carbons (Fsp3) is 0.200. The molecule has 1 amide bonds. The fourth-order valence-corrected chi connectivity index (χ4v) is 1.38. The van der Waals surface area contributed by atoms with E-state index in [1.54, 1.807) is 6.07 Å². The van der Waals surface area contributed by atoms with E-state index in [2.05, 4.69) is 11.4 Å². The number of β-lactam (4-membered cyclic amide) rings is 1. The molecule has 1 heterocycles. The number of amides is 1. The second kappa shape index (κ2) is 2.91. The van der Waals surface area contributed by atoms with Gasteiger partial charge in [-0.25, -0.2) is 0 Å². The number of nitrogens with one attached hydrogen (secondary N) is 1. The minimum absolute atomic E-state index is 0.0763. The van der Waals surface area contributed by atoms with Gasteiger partial charge in [0.2, 0.25) is 5.91 Å². The number of rotatable bonds is 1. The highest BCUT2D eigenvalue weighted by Crippen LogP contribution is 2.23. The van der Waals surface area contributed by atoms with Crippen LogP contribution in [-0.4, -0.2) is 5.91 Å². The molecule has 0 spiro atoms. The van der Waals surface area contributed by atoms with Crippen molar-refractivity contribution in [1.29, 1.82) is 5.26 Å². The zero-order valence-electron chi connectivity index (χ0n) is 6.95. The van der Waals surface area contributed by atoms with Crippen LogP contribution >= 0.6 is 0 Å². The van der Waals surface area contributed by atoms with E-state index in [-0.39, 0.29) is 11.9 Å². The smallest absolute Gasteiger partial charge is 0.222 e. The molecule has 1 saturated heterocycles. The molecule has 1 N–H and O–H groups in total. The van der Waals surface area contributed by atoms with Gasteiger partial charge in [0, 0.05) is 0 Å². The van der Waals surface area contributed by atoms with Crippen molar-refractivity contribution in [2.45, 2.75) is 12.5 Å². The van der Waals surface area contributed by atoms with Crippen molar-refractivity contribution in [3.05, 3.63) is 35.4 Å². The molecule has 1 aliphatic rings. The van der Waals surface area contributed by atoms with Crippen LogP contribution in [0.2, 0.25) is 0 Å². The number of hydrogen-bond acceptors (Lipinski definition) is 2. The van der Waals surface area contributed by atoms with Crippen LogP contribution in [0.25, 0.3) is 0 Å². The van der Waals surface area contributed by atoms with Crippen molar-refractivity contribution in [1.82, 2.24) is 5.32 Å². The summed E-state index contributed by atoms with van der Waals surface area (Å²) in [5.41, 5.74) is 1.65. The van der Waals surface area contributed by atoms with E-state index >= 15 is 0 Å². The molecule has 1 aliphatic heterocycles. The highest BCUT2D eigenvalue weighted by Gasteiger charge is 2.26. The molecule has 1 unspecified atom stereocenters. The number of hydrogen-bond donors (Lipinski definition) is 1. The Kier molecular flexibility index (Phi) is 1.75. The van der Waals surface area contributed by atoms with Gasteiger partial charge in [-0.05, 0) is 17.7 Å². The predicted octanol–water partition coefficient (Wildman–Crippen LogP) is 1.12. The number of carbonyl (C=O) groups excluding carboxylic acids is 1. The Hall–Kier alpha value is -1.82. The summed E-state index contributed by atoms with van der Waals surface area (Å²) in [7, 11) is 0. The van der Waals surface area contributed by atoms with Crippen LogP contribution in [0.1, 0.15) is 23.6 Å². The third kappa shape index (κ3) is 1.38. The Morgan fingerprint density at radius 1 is 1.54 bits per heavy atom. The summed E-state index contributed by atoms with van der Waals surface area (Å²) in [5, 5.41) is 11.4. The lowest BCUT2D eigenvalue weighted by Crippen LogP contribution is -2.41. The van der Waals surface area contributed by atoms with Gasteiger partial charge in [0.25, 0.3) is 0 Å². The number of carbonyl (C=O) groups is 1. The lowest BCUT2D eigenvalue weighted by Gasteiger charge is -2.27. The number of nitrogens with zero attached hydrogens (tertiary/aromatic N) is 1. The SMILES string of the molecule is N#Cc1cccc(C2CC(=O)N2)c1. The first-order valence-corrected chi connectivity index (χ1v) is 4.09. The molecule has 2 rings (SSSR count). The molecule has 0 aliphatic carbocycles. The largest absolute Gasteiger partial charge is 0.349 e. The van der Waals surface area contributed by atoms with Crippen molar-refractivity contribution >= 4 is 5.91 Å². The van der Waals surface area contributed by atoms with Crippen molar-refractivity contribution in [2.75, 3.05) is 0 Å². The average molecular weight is 172 g/mol. The van der Waals surface area contributed by atoms with Crippen LogP contribution < -0.4 is 5.32 Å². The Bertz CT molecular complexity index is 384. The minimum atomic E-state index is 0.0763. The van der Waals surface area contributed by atoms with Gasteiger partial charge >= 0.3 is 0 Å². The molecular weight excluding hydrogens is 164 g/mol. The summed E-state index contributed by atoms with van der Waals surface area (Å²) in [6.07, 6.45) is 0.537. The first-order chi connectivity index (χ1) is 6.29. The van der Waals surface area contributed by atoms with E-state index in [0.717, 1.165) is 5.56 Å². The Morgan fingerprint density at radius 2 is 2.31 bits per heavy atom. The maximum atomic E-state index is 10.7. The quantitative estimate of drug-likeness (QED) is 0.645. The van der Waals surface area contributed by atoms with Crippen LogP contribution in [0.4, 0.5) is 0 Å². The lowest BCUT2D eigenvalue weighted by atomic mass is 9.96. The molecule has 1 aromatic carbocycles. The zero-order valence-corrected chi connectivity index (χ0v) is 6.95. The Labute approximate surface area is 76.0 Å². The summed E-state index contributed by atoms with van der Waals surface area (Å²) < 4.78 is 0. The average Bonchev–Trinajstić information content (AvgIpc) is 2.13. The molecule has 1 aromatic rings. The van der Waals surface area contributed by atoms with Crippen molar-refractivity contribution < 1.29 is 4.79 Å². The van der Waals surface area contributed by atoms with Gasteiger partial charge in [-0.3, -0.25) is 4.79 Å². The van der Waals surface area contributed by atoms with Crippen molar-refractivity contribution in [2.24, 2.45) is 0 Å². The van der Waals surface area contributed by atoms with E-state index in [4.69, 9.17) is 5.26 Å². The van der Waals surface area contributed by atoms with Crippen LogP contribution in [0.3, 0.4) is 0 Å². The second-order valence-electron chi connectivity index (χ2n) is 3.06. The van der Waals surface area contributed by atoms with E-state index < -0.39 is 0 Å². The van der Waals surface area contributed by atoms with Gasteiger partial charge in [0.05, 0.1) is 24.1 Å². The topological polar surface area (TPSA) is 52.9 Å². The Morgan fingerprint density at radius 3 is 2.92 bits per heavy atom. The zero-order chi connectivity index (χ0) is 9.26. The molecule has 3 heteroatoms. The van der Waals surface area contributed by atoms with Crippen LogP contribution in [0.5, 0.6) is 0 Å². The molecule has 3 nitrogen and oxygen atoms in total. The number of benzene rings is 1. The van der Waals surface area contributed by atoms with Crippen molar-refractivity contribution in [3.8, 4) is 6.07 Å². The van der Waals surface area contributed by atoms with Gasteiger partial charge in [-0.15, -0.1) is 0 Å². The van der Waals surface area contributed by atoms with Gasteiger partial charge in [-0.1, -0.05) is 12.1 Å². The normalized spacial score (nSPS) is 19.9. The maximum absolute atomic E-state index is 10.7. The molecular formula is C10H8N2O. The predicted molar refractivity (Wildman–Crippen MR) is 46.7 cm³/mol. The first-order valence-electron chi connectivity index (χ1n) is 4.09. The van der Waals surface area contributed by atoms with Gasteiger partial charge in [0.15, 0.2) is 0 Å². The summed E-state index contributed by atoms with van der Waals surface area (Å²) in [4.78, 5) is 10.7. The molecule has 13 heavy (non-hydrogen) atoms. The molecule has 64 valence electrons.